The summed E-state index contributed by atoms with van der Waals surface area (Å²) in [6.45, 7) is 7.85. The molecule has 0 radical (unpaired) electrons. The second kappa shape index (κ2) is 6.92. The molecule has 0 aromatic heterocycles. The number of halogens is 1. The highest BCUT2D eigenvalue weighted by molar-refractivity contribution is 8.13. The third-order valence-electron chi connectivity index (χ3n) is 2.00. The summed E-state index contributed by atoms with van der Waals surface area (Å²) in [5, 5.41) is 0. The van der Waals surface area contributed by atoms with Crippen LogP contribution in [0.4, 0.5) is 0 Å². The van der Waals surface area contributed by atoms with Crippen molar-refractivity contribution in [1.29, 1.82) is 0 Å². The Morgan fingerprint density at radius 2 is 1.81 bits per heavy atom. The Balaban J connectivity index is 0.00000106. The Hall–Kier alpha value is -0.540. The Bertz CT molecular complexity index is 425. The van der Waals surface area contributed by atoms with Crippen LogP contribution in [0.3, 0.4) is 0 Å². The molecule has 0 fully saturated rings. The van der Waals surface area contributed by atoms with Gasteiger partial charge in [-0.2, -0.15) is 0 Å². The maximum atomic E-state index is 11.2. The molecule has 0 spiro atoms. The van der Waals surface area contributed by atoms with Gasteiger partial charge in [0, 0.05) is 10.7 Å². The van der Waals surface area contributed by atoms with Crippen LogP contribution in [-0.4, -0.2) is 8.42 Å². The van der Waals surface area contributed by atoms with Crippen LogP contribution < -0.4 is 0 Å². The molecule has 1 aromatic rings. The van der Waals surface area contributed by atoms with Gasteiger partial charge in [0.25, 0.3) is 9.05 Å². The fraction of sp³-hybridized carbons (Fsp3) is 0.500. The zero-order valence-corrected chi connectivity index (χ0v) is 11.8. The summed E-state index contributed by atoms with van der Waals surface area (Å²) in [4.78, 5) is 0.251. The number of benzene rings is 1. The lowest BCUT2D eigenvalue weighted by molar-refractivity contribution is 0.608. The van der Waals surface area contributed by atoms with E-state index in [0.29, 0.717) is 0 Å². The minimum absolute atomic E-state index is 0.251. The van der Waals surface area contributed by atoms with Crippen LogP contribution >= 0.6 is 10.7 Å². The molecule has 0 saturated heterocycles. The molecule has 0 atom stereocenters. The van der Waals surface area contributed by atoms with Crippen LogP contribution in [0.5, 0.6) is 0 Å². The third kappa shape index (κ3) is 4.54. The first-order chi connectivity index (χ1) is 7.45. The van der Waals surface area contributed by atoms with E-state index in [1.807, 2.05) is 39.8 Å². The van der Waals surface area contributed by atoms with Crippen LogP contribution in [0.25, 0.3) is 0 Å². The van der Waals surface area contributed by atoms with Crippen LogP contribution in [0.15, 0.2) is 23.1 Å². The minimum Gasteiger partial charge on any atom is -0.207 e. The molecule has 4 heteroatoms. The lowest BCUT2D eigenvalue weighted by Gasteiger charge is -2.06. The Morgan fingerprint density at radius 3 is 2.25 bits per heavy atom. The molecule has 16 heavy (non-hydrogen) atoms. The molecular formula is C12H19ClO2S. The van der Waals surface area contributed by atoms with Crippen LogP contribution in [0.2, 0.25) is 0 Å². The van der Waals surface area contributed by atoms with E-state index in [9.17, 15) is 8.42 Å². The molecule has 92 valence electrons. The van der Waals surface area contributed by atoms with Gasteiger partial charge in [-0.1, -0.05) is 39.3 Å². The standard InChI is InChI=1S/C10H13ClO2S.C2H6/c1-3-4-9-6-5-8(2)7-10(9)14(11,12)13;1-2/h5-7H,3-4H2,1-2H3;1-2H3. The molecule has 0 heterocycles. The highest BCUT2D eigenvalue weighted by Crippen LogP contribution is 2.22. The van der Waals surface area contributed by atoms with Crippen molar-refractivity contribution in [1.82, 2.24) is 0 Å². The summed E-state index contributed by atoms with van der Waals surface area (Å²) in [6, 6.07) is 5.35. The molecule has 0 unspecified atom stereocenters. The Labute approximate surface area is 103 Å². The smallest absolute Gasteiger partial charge is 0.207 e. The van der Waals surface area contributed by atoms with Gasteiger partial charge < -0.3 is 0 Å². The monoisotopic (exact) mass is 262 g/mol. The van der Waals surface area contributed by atoms with Crippen molar-refractivity contribution in [2.75, 3.05) is 0 Å². The van der Waals surface area contributed by atoms with E-state index in [1.54, 1.807) is 6.07 Å². The van der Waals surface area contributed by atoms with E-state index in [0.717, 1.165) is 24.0 Å². The van der Waals surface area contributed by atoms with Crippen LogP contribution in [-0.2, 0) is 15.5 Å². The van der Waals surface area contributed by atoms with Gasteiger partial charge in [0.05, 0.1) is 4.90 Å². The molecule has 0 aliphatic rings. The van der Waals surface area contributed by atoms with Crippen molar-refractivity contribution >= 4 is 19.7 Å². The van der Waals surface area contributed by atoms with E-state index in [4.69, 9.17) is 10.7 Å². The highest BCUT2D eigenvalue weighted by Gasteiger charge is 2.14. The van der Waals surface area contributed by atoms with Gasteiger partial charge in [-0.25, -0.2) is 8.42 Å². The lowest BCUT2D eigenvalue weighted by atomic mass is 10.1. The van der Waals surface area contributed by atoms with Crippen molar-refractivity contribution in [3.63, 3.8) is 0 Å². The summed E-state index contributed by atoms with van der Waals surface area (Å²) < 4.78 is 22.5. The maximum Gasteiger partial charge on any atom is 0.261 e. The zero-order valence-electron chi connectivity index (χ0n) is 10.2. The lowest BCUT2D eigenvalue weighted by Crippen LogP contribution is -1.98. The van der Waals surface area contributed by atoms with Gasteiger partial charge >= 0.3 is 0 Å². The fourth-order valence-corrected chi connectivity index (χ4v) is 2.61. The first kappa shape index (κ1) is 15.5. The molecule has 0 aliphatic heterocycles. The molecule has 2 nitrogen and oxygen atoms in total. The number of aryl methyl sites for hydroxylation is 2. The van der Waals surface area contributed by atoms with E-state index >= 15 is 0 Å². The maximum absolute atomic E-state index is 11.2. The first-order valence-electron chi connectivity index (χ1n) is 5.49. The van der Waals surface area contributed by atoms with Crippen molar-refractivity contribution in [3.05, 3.63) is 29.3 Å². The molecule has 0 N–H and O–H groups in total. The summed E-state index contributed by atoms with van der Waals surface area (Å²) in [7, 11) is 1.74. The Kier molecular flexibility index (Phi) is 6.68. The Morgan fingerprint density at radius 1 is 1.25 bits per heavy atom. The van der Waals surface area contributed by atoms with Crippen molar-refractivity contribution in [2.24, 2.45) is 0 Å². The number of rotatable bonds is 3. The van der Waals surface area contributed by atoms with Crippen molar-refractivity contribution < 1.29 is 8.42 Å². The van der Waals surface area contributed by atoms with Crippen molar-refractivity contribution in [3.8, 4) is 0 Å². The van der Waals surface area contributed by atoms with Crippen LogP contribution in [0, 0.1) is 6.92 Å². The third-order valence-corrected chi connectivity index (χ3v) is 3.41. The van der Waals surface area contributed by atoms with Gasteiger partial charge in [-0.15, -0.1) is 0 Å². The summed E-state index contributed by atoms with van der Waals surface area (Å²) >= 11 is 0. The quantitative estimate of drug-likeness (QED) is 0.774. The van der Waals surface area contributed by atoms with Gasteiger partial charge in [0.2, 0.25) is 0 Å². The number of hydrogen-bond acceptors (Lipinski definition) is 2. The first-order valence-corrected chi connectivity index (χ1v) is 7.80. The predicted octanol–water partition coefficient (Wildman–Crippen LogP) is 3.90. The zero-order chi connectivity index (χ0) is 12.8. The van der Waals surface area contributed by atoms with E-state index in [1.165, 1.54) is 0 Å². The van der Waals surface area contributed by atoms with Gasteiger partial charge in [-0.05, 0) is 30.5 Å². The topological polar surface area (TPSA) is 34.1 Å². The van der Waals surface area contributed by atoms with E-state index < -0.39 is 9.05 Å². The highest BCUT2D eigenvalue weighted by atomic mass is 35.7. The molecule has 1 aromatic carbocycles. The molecule has 0 aliphatic carbocycles. The SMILES string of the molecule is CC.CCCc1ccc(C)cc1S(=O)(=O)Cl. The molecule has 0 bridgehead atoms. The average Bonchev–Trinajstić information content (AvgIpc) is 2.22. The predicted molar refractivity (Wildman–Crippen MR) is 69.6 cm³/mol. The molecule has 1 rings (SSSR count). The van der Waals surface area contributed by atoms with Gasteiger partial charge in [-0.3, -0.25) is 0 Å². The van der Waals surface area contributed by atoms with E-state index in [-0.39, 0.29) is 4.90 Å². The average molecular weight is 263 g/mol. The summed E-state index contributed by atoms with van der Waals surface area (Å²) in [5.74, 6) is 0. The molecule has 0 amide bonds. The summed E-state index contributed by atoms with van der Waals surface area (Å²) in [6.07, 6.45) is 1.64. The largest absolute Gasteiger partial charge is 0.261 e. The number of hydrogen-bond donors (Lipinski definition) is 0. The normalized spacial score (nSPS) is 10.6. The fourth-order valence-electron chi connectivity index (χ4n) is 1.36. The van der Waals surface area contributed by atoms with Crippen LogP contribution in [0.1, 0.15) is 38.3 Å². The van der Waals surface area contributed by atoms with Gasteiger partial charge in [0.15, 0.2) is 0 Å². The molecule has 0 saturated carbocycles. The van der Waals surface area contributed by atoms with Gasteiger partial charge in [0.1, 0.15) is 0 Å². The van der Waals surface area contributed by atoms with Crippen molar-refractivity contribution in [2.45, 2.75) is 45.4 Å². The summed E-state index contributed by atoms with van der Waals surface area (Å²) in [5.41, 5.74) is 1.71. The minimum atomic E-state index is -3.61. The molecular weight excluding hydrogens is 244 g/mol. The second-order valence-electron chi connectivity index (χ2n) is 3.30. The second-order valence-corrected chi connectivity index (χ2v) is 5.83. The van der Waals surface area contributed by atoms with E-state index in [2.05, 4.69) is 0 Å².